The highest BCUT2D eigenvalue weighted by Crippen LogP contribution is 2.25. The van der Waals surface area contributed by atoms with Crippen LogP contribution in [-0.4, -0.2) is 61.7 Å². The summed E-state index contributed by atoms with van der Waals surface area (Å²) < 4.78 is 11.3. The molecule has 0 aliphatic carbocycles. The number of rotatable bonds is 4. The van der Waals surface area contributed by atoms with Gasteiger partial charge in [-0.25, -0.2) is 0 Å². The number of likely N-dealkylation sites (tertiary alicyclic amines) is 1. The lowest BCUT2D eigenvalue weighted by molar-refractivity contribution is -0.133. The van der Waals surface area contributed by atoms with Crippen LogP contribution in [0, 0.1) is 5.92 Å². The zero-order valence-electron chi connectivity index (χ0n) is 14.0. The quantitative estimate of drug-likeness (QED) is 0.848. The van der Waals surface area contributed by atoms with Crippen molar-refractivity contribution in [1.29, 1.82) is 0 Å². The molecule has 2 saturated heterocycles. The lowest BCUT2D eigenvalue weighted by Crippen LogP contribution is -2.46. The van der Waals surface area contributed by atoms with Crippen LogP contribution in [-0.2, 0) is 16.1 Å². The molecule has 23 heavy (non-hydrogen) atoms. The van der Waals surface area contributed by atoms with E-state index in [0.717, 1.165) is 38.3 Å². The van der Waals surface area contributed by atoms with Crippen molar-refractivity contribution in [3.8, 4) is 5.75 Å². The van der Waals surface area contributed by atoms with Crippen molar-refractivity contribution >= 4 is 5.91 Å². The maximum absolute atomic E-state index is 11.8. The van der Waals surface area contributed by atoms with Crippen LogP contribution in [0.5, 0.6) is 5.75 Å². The van der Waals surface area contributed by atoms with Gasteiger partial charge >= 0.3 is 0 Å². The number of carbonyl (C=O) groups excluding carboxylic acids is 1. The highest BCUT2D eigenvalue weighted by molar-refractivity contribution is 5.77. The number of piperidine rings is 1. The first-order valence-corrected chi connectivity index (χ1v) is 8.45. The second kappa shape index (κ2) is 7.32. The highest BCUT2D eigenvalue weighted by atomic mass is 16.5. The Balaban J connectivity index is 1.58. The summed E-state index contributed by atoms with van der Waals surface area (Å²) in [6.07, 6.45) is 1.23. The summed E-state index contributed by atoms with van der Waals surface area (Å²) in [6.45, 7) is 6.66. The molecule has 5 nitrogen and oxygen atoms in total. The van der Waals surface area contributed by atoms with E-state index in [4.69, 9.17) is 9.47 Å². The van der Waals surface area contributed by atoms with Crippen LogP contribution in [0.1, 0.15) is 18.9 Å². The predicted octanol–water partition coefficient (Wildman–Crippen LogP) is 1.76. The number of hydrogen-bond acceptors (Lipinski definition) is 4. The van der Waals surface area contributed by atoms with E-state index in [1.807, 2.05) is 31.0 Å². The molecular formula is C18H26N2O3. The van der Waals surface area contributed by atoms with Gasteiger partial charge in [0.05, 0.1) is 12.7 Å². The normalized spacial score (nSPS) is 25.8. The summed E-state index contributed by atoms with van der Waals surface area (Å²) in [4.78, 5) is 16.1. The summed E-state index contributed by atoms with van der Waals surface area (Å²) in [7, 11) is 1.87. The minimum Gasteiger partial charge on any atom is -0.494 e. The molecule has 2 atom stereocenters. The number of benzene rings is 1. The second-order valence-electron chi connectivity index (χ2n) is 6.48. The molecule has 0 unspecified atom stereocenters. The topological polar surface area (TPSA) is 42.0 Å². The van der Waals surface area contributed by atoms with Crippen LogP contribution in [0.2, 0.25) is 0 Å². The van der Waals surface area contributed by atoms with Gasteiger partial charge in [-0.05, 0) is 31.0 Å². The van der Waals surface area contributed by atoms with Gasteiger partial charge in [-0.1, -0.05) is 12.1 Å². The van der Waals surface area contributed by atoms with E-state index < -0.39 is 0 Å². The van der Waals surface area contributed by atoms with Gasteiger partial charge in [-0.3, -0.25) is 9.69 Å². The third-order valence-electron chi connectivity index (χ3n) is 4.74. The fraction of sp³-hybridized carbons (Fsp3) is 0.611. The van der Waals surface area contributed by atoms with E-state index in [2.05, 4.69) is 17.0 Å². The summed E-state index contributed by atoms with van der Waals surface area (Å²) in [5.41, 5.74) is 1.30. The number of carbonyl (C=O) groups is 1. The lowest BCUT2D eigenvalue weighted by Gasteiger charge is -2.37. The van der Waals surface area contributed by atoms with E-state index in [0.29, 0.717) is 12.5 Å². The molecule has 126 valence electrons. The molecule has 0 bridgehead atoms. The van der Waals surface area contributed by atoms with E-state index in [1.54, 1.807) is 0 Å². The molecule has 1 aromatic carbocycles. The van der Waals surface area contributed by atoms with E-state index in [1.165, 1.54) is 5.56 Å². The fourth-order valence-electron chi connectivity index (χ4n) is 3.48. The molecule has 2 aliphatic rings. The number of amides is 1. The minimum absolute atomic E-state index is 0.0949. The van der Waals surface area contributed by atoms with Gasteiger partial charge in [0, 0.05) is 39.1 Å². The third-order valence-corrected chi connectivity index (χ3v) is 4.74. The van der Waals surface area contributed by atoms with Crippen LogP contribution in [0.15, 0.2) is 24.3 Å². The number of ether oxygens (including phenoxy) is 2. The predicted molar refractivity (Wildman–Crippen MR) is 88.4 cm³/mol. The molecule has 2 fully saturated rings. The van der Waals surface area contributed by atoms with Gasteiger partial charge in [0.1, 0.15) is 12.4 Å². The highest BCUT2D eigenvalue weighted by Gasteiger charge is 2.34. The Morgan fingerprint density at radius 2 is 2.04 bits per heavy atom. The maximum atomic E-state index is 11.8. The molecule has 3 rings (SSSR count). The van der Waals surface area contributed by atoms with Crippen LogP contribution in [0.3, 0.4) is 0 Å². The Kier molecular flexibility index (Phi) is 5.18. The summed E-state index contributed by atoms with van der Waals surface area (Å²) in [5.74, 6) is 1.42. The first-order valence-electron chi connectivity index (χ1n) is 8.45. The average Bonchev–Trinajstić information content (AvgIpc) is 2.69. The number of likely N-dealkylation sites (N-methyl/N-ethyl adjacent to an activating group) is 1. The number of nitrogens with zero attached hydrogens (tertiary/aromatic N) is 2. The summed E-state index contributed by atoms with van der Waals surface area (Å²) in [6, 6.07) is 8.34. The fourth-order valence-corrected chi connectivity index (χ4v) is 3.48. The van der Waals surface area contributed by atoms with E-state index in [-0.39, 0.29) is 18.6 Å². The molecule has 0 radical (unpaired) electrons. The molecule has 0 saturated carbocycles. The maximum Gasteiger partial charge on any atom is 0.248 e. The van der Waals surface area contributed by atoms with Gasteiger partial charge in [0.2, 0.25) is 5.91 Å². The van der Waals surface area contributed by atoms with Crippen molar-refractivity contribution < 1.29 is 14.3 Å². The smallest absolute Gasteiger partial charge is 0.248 e. The number of fused-ring (bicyclic) bond motifs is 1. The Labute approximate surface area is 138 Å². The second-order valence-corrected chi connectivity index (χ2v) is 6.48. The molecule has 0 spiro atoms. The Bertz CT molecular complexity index is 532. The molecule has 1 aromatic rings. The first-order chi connectivity index (χ1) is 11.2. The zero-order chi connectivity index (χ0) is 16.2. The van der Waals surface area contributed by atoms with Crippen molar-refractivity contribution in [3.05, 3.63) is 29.8 Å². The molecule has 1 amide bonds. The Morgan fingerprint density at radius 1 is 1.26 bits per heavy atom. The van der Waals surface area contributed by atoms with Crippen LogP contribution >= 0.6 is 0 Å². The summed E-state index contributed by atoms with van der Waals surface area (Å²) >= 11 is 0. The monoisotopic (exact) mass is 318 g/mol. The van der Waals surface area contributed by atoms with Gasteiger partial charge in [-0.2, -0.15) is 0 Å². The molecule has 5 heteroatoms. The van der Waals surface area contributed by atoms with Crippen LogP contribution < -0.4 is 4.74 Å². The van der Waals surface area contributed by atoms with Crippen molar-refractivity contribution in [3.63, 3.8) is 0 Å². The van der Waals surface area contributed by atoms with Crippen LogP contribution in [0.4, 0.5) is 0 Å². The molecular weight excluding hydrogens is 292 g/mol. The van der Waals surface area contributed by atoms with Crippen molar-refractivity contribution in [2.75, 3.05) is 39.9 Å². The van der Waals surface area contributed by atoms with Crippen molar-refractivity contribution in [2.45, 2.75) is 26.0 Å². The Morgan fingerprint density at radius 3 is 2.78 bits per heavy atom. The third kappa shape index (κ3) is 4.03. The van der Waals surface area contributed by atoms with Gasteiger partial charge in [0.15, 0.2) is 0 Å². The Hall–Kier alpha value is -1.59. The molecule has 0 N–H and O–H groups in total. The number of hydrogen-bond donors (Lipinski definition) is 0. The molecule has 2 heterocycles. The first kappa shape index (κ1) is 16.3. The molecule has 2 aliphatic heterocycles. The van der Waals surface area contributed by atoms with Crippen molar-refractivity contribution in [2.24, 2.45) is 5.92 Å². The van der Waals surface area contributed by atoms with Crippen LogP contribution in [0.25, 0.3) is 0 Å². The average molecular weight is 318 g/mol. The van der Waals surface area contributed by atoms with E-state index in [9.17, 15) is 4.79 Å². The summed E-state index contributed by atoms with van der Waals surface area (Å²) in [5, 5.41) is 0. The largest absolute Gasteiger partial charge is 0.494 e. The lowest BCUT2D eigenvalue weighted by atomic mass is 9.94. The standard InChI is InChI=1S/C18H26N2O3/c1-3-22-16-6-4-14(5-7-16)10-20-9-8-17-15(12-20)11-19(2)18(21)13-23-17/h4-7,15,17H,3,8-13H2,1-2H3/t15-,17-/m0/s1. The van der Waals surface area contributed by atoms with Crippen molar-refractivity contribution in [1.82, 2.24) is 9.80 Å². The van der Waals surface area contributed by atoms with E-state index >= 15 is 0 Å². The minimum atomic E-state index is 0.0949. The van der Waals surface area contributed by atoms with Gasteiger partial charge in [0.25, 0.3) is 0 Å². The van der Waals surface area contributed by atoms with Gasteiger partial charge in [-0.15, -0.1) is 0 Å². The SMILES string of the molecule is CCOc1ccc(CN2CC[C@@H]3OCC(=O)N(C)C[C@H]3C2)cc1. The zero-order valence-corrected chi connectivity index (χ0v) is 14.0. The molecule has 0 aromatic heterocycles. The van der Waals surface area contributed by atoms with Gasteiger partial charge < -0.3 is 14.4 Å².